The molecule has 0 atom stereocenters. The zero-order chi connectivity index (χ0) is 20.8. The fraction of sp³-hybridized carbons (Fsp3) is 0.130. The first kappa shape index (κ1) is 18.3. The van der Waals surface area contributed by atoms with Crippen molar-refractivity contribution in [1.82, 2.24) is 24.5 Å². The molecule has 0 saturated heterocycles. The summed E-state index contributed by atoms with van der Waals surface area (Å²) < 4.78 is 30.0. The summed E-state index contributed by atoms with van der Waals surface area (Å²) in [5.74, 6) is -1.04. The van der Waals surface area contributed by atoms with Crippen LogP contribution in [0.15, 0.2) is 55.2 Å². The predicted octanol–water partition coefficient (Wildman–Crippen LogP) is 4.98. The number of rotatable bonds is 3. The van der Waals surface area contributed by atoms with E-state index in [0.717, 1.165) is 45.3 Å². The molecule has 0 N–H and O–H groups in total. The van der Waals surface area contributed by atoms with E-state index in [2.05, 4.69) is 15.0 Å². The Bertz CT molecular complexity index is 1420. The Morgan fingerprint density at radius 1 is 0.867 bits per heavy atom. The number of pyridine rings is 3. The molecule has 0 radical (unpaired) electrons. The van der Waals surface area contributed by atoms with E-state index < -0.39 is 11.6 Å². The number of imidazole rings is 1. The number of benzene rings is 1. The molecule has 0 aliphatic rings. The van der Waals surface area contributed by atoms with Crippen LogP contribution in [0.2, 0.25) is 0 Å². The lowest BCUT2D eigenvalue weighted by Crippen LogP contribution is -2.05. The van der Waals surface area contributed by atoms with Crippen LogP contribution in [0.3, 0.4) is 0 Å². The highest BCUT2D eigenvalue weighted by Gasteiger charge is 2.18. The number of hydrogen-bond donors (Lipinski definition) is 0. The van der Waals surface area contributed by atoms with Crippen molar-refractivity contribution in [3.63, 3.8) is 0 Å². The monoisotopic (exact) mass is 401 g/mol. The second kappa shape index (κ2) is 6.95. The molecule has 7 heteroatoms. The van der Waals surface area contributed by atoms with E-state index in [1.165, 1.54) is 6.20 Å². The number of fused-ring (bicyclic) bond motifs is 2. The van der Waals surface area contributed by atoms with Gasteiger partial charge in [-0.25, -0.2) is 18.7 Å². The summed E-state index contributed by atoms with van der Waals surface area (Å²) in [5, 5.41) is 0.763. The molecule has 0 amide bonds. The SMILES string of the molecule is Cc1cnccc1-c1nc2c(C)ccnc2n1Cc1cncc2c(F)c(F)ccc12. The first-order chi connectivity index (χ1) is 14.5. The van der Waals surface area contributed by atoms with Gasteiger partial charge in [0.2, 0.25) is 0 Å². The summed E-state index contributed by atoms with van der Waals surface area (Å²) in [6.07, 6.45) is 8.28. The van der Waals surface area contributed by atoms with E-state index in [-0.39, 0.29) is 5.39 Å². The summed E-state index contributed by atoms with van der Waals surface area (Å²) in [5.41, 5.74) is 5.21. The lowest BCUT2D eigenvalue weighted by Gasteiger charge is -2.12. The van der Waals surface area contributed by atoms with Gasteiger partial charge in [-0.3, -0.25) is 9.97 Å². The van der Waals surface area contributed by atoms with E-state index in [9.17, 15) is 8.78 Å². The van der Waals surface area contributed by atoms with Crippen LogP contribution in [0.4, 0.5) is 8.78 Å². The maximum atomic E-state index is 14.3. The molecule has 0 fully saturated rings. The van der Waals surface area contributed by atoms with Crippen LogP contribution in [0, 0.1) is 25.5 Å². The molecule has 0 aliphatic carbocycles. The largest absolute Gasteiger partial charge is 0.304 e. The van der Waals surface area contributed by atoms with Gasteiger partial charge in [-0.05, 0) is 54.1 Å². The Balaban J connectivity index is 1.77. The number of nitrogens with zero attached hydrogens (tertiary/aromatic N) is 5. The fourth-order valence-corrected chi connectivity index (χ4v) is 3.76. The molecule has 1 aromatic carbocycles. The molecule has 148 valence electrons. The van der Waals surface area contributed by atoms with Crippen LogP contribution in [-0.2, 0) is 6.54 Å². The molecule has 30 heavy (non-hydrogen) atoms. The van der Waals surface area contributed by atoms with Crippen LogP contribution < -0.4 is 0 Å². The standard InChI is InChI=1S/C23H17F2N5/c1-13-5-8-28-23-21(13)29-22(16-6-7-26-9-14(16)2)30(23)12-15-10-27-11-18-17(15)3-4-19(24)20(18)25/h3-11H,12H2,1-2H3. The molecule has 0 saturated carbocycles. The average molecular weight is 401 g/mol. The first-order valence-corrected chi connectivity index (χ1v) is 9.48. The number of halogens is 2. The van der Waals surface area contributed by atoms with Gasteiger partial charge in [0.1, 0.15) is 11.3 Å². The van der Waals surface area contributed by atoms with Gasteiger partial charge in [-0.15, -0.1) is 0 Å². The summed E-state index contributed by atoms with van der Waals surface area (Å²) in [7, 11) is 0. The van der Waals surface area contributed by atoms with Crippen LogP contribution in [0.5, 0.6) is 0 Å². The molecule has 5 nitrogen and oxygen atoms in total. The molecule has 0 aliphatic heterocycles. The molecule has 0 spiro atoms. The summed E-state index contributed by atoms with van der Waals surface area (Å²) >= 11 is 0. The Hall–Kier alpha value is -3.74. The van der Waals surface area contributed by atoms with Gasteiger partial charge >= 0.3 is 0 Å². The van der Waals surface area contributed by atoms with Gasteiger partial charge in [-0.2, -0.15) is 0 Å². The molecule has 5 aromatic rings. The van der Waals surface area contributed by atoms with Gasteiger partial charge in [0, 0.05) is 41.9 Å². The second-order valence-electron chi connectivity index (χ2n) is 7.27. The summed E-state index contributed by atoms with van der Waals surface area (Å²) in [4.78, 5) is 17.7. The van der Waals surface area contributed by atoms with E-state index in [1.807, 2.05) is 30.5 Å². The van der Waals surface area contributed by atoms with Crippen LogP contribution in [0.1, 0.15) is 16.7 Å². The van der Waals surface area contributed by atoms with Crippen molar-refractivity contribution in [1.29, 1.82) is 0 Å². The van der Waals surface area contributed by atoms with Crippen LogP contribution in [0.25, 0.3) is 33.3 Å². The highest BCUT2D eigenvalue weighted by Crippen LogP contribution is 2.30. The lowest BCUT2D eigenvalue weighted by atomic mass is 10.1. The molecule has 4 aromatic heterocycles. The van der Waals surface area contributed by atoms with Gasteiger partial charge < -0.3 is 4.57 Å². The van der Waals surface area contributed by atoms with Crippen molar-refractivity contribution in [3.8, 4) is 11.4 Å². The van der Waals surface area contributed by atoms with Crippen LogP contribution >= 0.6 is 0 Å². The third-order valence-corrected chi connectivity index (χ3v) is 5.34. The Morgan fingerprint density at radius 2 is 1.73 bits per heavy atom. The highest BCUT2D eigenvalue weighted by molar-refractivity contribution is 5.86. The molecular formula is C23H17F2N5. The quantitative estimate of drug-likeness (QED) is 0.428. The Labute approximate surface area is 171 Å². The maximum absolute atomic E-state index is 14.3. The van der Waals surface area contributed by atoms with Crippen molar-refractivity contribution < 1.29 is 8.78 Å². The smallest absolute Gasteiger partial charge is 0.168 e. The van der Waals surface area contributed by atoms with Gasteiger partial charge in [-0.1, -0.05) is 6.07 Å². The second-order valence-corrected chi connectivity index (χ2v) is 7.27. The first-order valence-electron chi connectivity index (χ1n) is 9.48. The number of hydrogen-bond acceptors (Lipinski definition) is 4. The van der Waals surface area contributed by atoms with E-state index in [4.69, 9.17) is 4.98 Å². The van der Waals surface area contributed by atoms with Crippen molar-refractivity contribution in [2.75, 3.05) is 0 Å². The van der Waals surface area contributed by atoms with Crippen molar-refractivity contribution in [2.45, 2.75) is 20.4 Å². The zero-order valence-corrected chi connectivity index (χ0v) is 16.4. The molecule has 0 unspecified atom stereocenters. The highest BCUT2D eigenvalue weighted by atomic mass is 19.2. The lowest BCUT2D eigenvalue weighted by molar-refractivity contribution is 0.516. The van der Waals surface area contributed by atoms with E-state index in [0.29, 0.717) is 11.9 Å². The molecule has 0 bridgehead atoms. The van der Waals surface area contributed by atoms with E-state index in [1.54, 1.807) is 30.9 Å². The summed E-state index contributed by atoms with van der Waals surface area (Å²) in [6.45, 7) is 4.32. The van der Waals surface area contributed by atoms with Crippen molar-refractivity contribution >= 4 is 21.9 Å². The zero-order valence-electron chi connectivity index (χ0n) is 16.4. The van der Waals surface area contributed by atoms with Crippen LogP contribution in [-0.4, -0.2) is 24.5 Å². The van der Waals surface area contributed by atoms with Gasteiger partial charge in [0.05, 0.1) is 6.54 Å². The number of aryl methyl sites for hydroxylation is 2. The minimum absolute atomic E-state index is 0.155. The third kappa shape index (κ3) is 2.82. The van der Waals surface area contributed by atoms with Crippen molar-refractivity contribution in [3.05, 3.63) is 83.6 Å². The van der Waals surface area contributed by atoms with Crippen molar-refractivity contribution in [2.24, 2.45) is 0 Å². The van der Waals surface area contributed by atoms with Gasteiger partial charge in [0.15, 0.2) is 17.3 Å². The third-order valence-electron chi connectivity index (χ3n) is 5.34. The molecule has 4 heterocycles. The minimum atomic E-state index is -0.892. The minimum Gasteiger partial charge on any atom is -0.304 e. The normalized spacial score (nSPS) is 11.5. The Morgan fingerprint density at radius 3 is 2.57 bits per heavy atom. The average Bonchev–Trinajstić information content (AvgIpc) is 3.11. The van der Waals surface area contributed by atoms with Gasteiger partial charge in [0.25, 0.3) is 0 Å². The predicted molar refractivity (Wildman–Crippen MR) is 111 cm³/mol. The Kier molecular flexibility index (Phi) is 4.24. The number of aromatic nitrogens is 5. The molecule has 5 rings (SSSR count). The van der Waals surface area contributed by atoms with E-state index >= 15 is 0 Å². The fourth-order valence-electron chi connectivity index (χ4n) is 3.76. The molecular weight excluding hydrogens is 384 g/mol. The topological polar surface area (TPSA) is 56.5 Å². The summed E-state index contributed by atoms with van der Waals surface area (Å²) in [6, 6.07) is 6.56. The maximum Gasteiger partial charge on any atom is 0.168 e.